The molecule has 2 rings (SSSR count). The summed E-state index contributed by atoms with van der Waals surface area (Å²) in [6, 6.07) is 6.15. The third kappa shape index (κ3) is 3.53. The van der Waals surface area contributed by atoms with E-state index in [1.807, 2.05) is 6.26 Å². The van der Waals surface area contributed by atoms with E-state index in [-0.39, 0.29) is 0 Å². The average molecular weight is 318 g/mol. The number of halogens is 3. The third-order valence-corrected chi connectivity index (χ3v) is 3.83. The smallest absolute Gasteiger partial charge is 0.216 e. The van der Waals surface area contributed by atoms with Crippen LogP contribution in [0.4, 0.5) is 4.39 Å². The standard InChI is InChI=1S/C13H10Cl2FNOS/c1-7-3-8(4-13(16)17-7)18-11-5-10(15)12(19-2)6-9(11)14/h3-6H,1-2H3. The Kier molecular flexibility index (Phi) is 4.55. The molecule has 0 radical (unpaired) electrons. The number of thioether (sulfide) groups is 1. The number of hydrogen-bond donors (Lipinski definition) is 0. The second-order valence-electron chi connectivity index (χ2n) is 3.79. The summed E-state index contributed by atoms with van der Waals surface area (Å²) in [7, 11) is 0. The molecule has 0 saturated heterocycles. The molecule has 6 heteroatoms. The van der Waals surface area contributed by atoms with Gasteiger partial charge in [0, 0.05) is 28.8 Å². The van der Waals surface area contributed by atoms with E-state index in [4.69, 9.17) is 27.9 Å². The van der Waals surface area contributed by atoms with Crippen LogP contribution >= 0.6 is 35.0 Å². The number of hydrogen-bond acceptors (Lipinski definition) is 3. The van der Waals surface area contributed by atoms with Gasteiger partial charge in [-0.05, 0) is 19.2 Å². The molecule has 2 nitrogen and oxygen atoms in total. The van der Waals surface area contributed by atoms with Gasteiger partial charge in [0.2, 0.25) is 5.95 Å². The molecule has 0 saturated carbocycles. The van der Waals surface area contributed by atoms with Gasteiger partial charge in [-0.2, -0.15) is 4.39 Å². The van der Waals surface area contributed by atoms with Crippen LogP contribution < -0.4 is 4.74 Å². The highest BCUT2D eigenvalue weighted by molar-refractivity contribution is 7.98. The first-order valence-corrected chi connectivity index (χ1v) is 7.32. The van der Waals surface area contributed by atoms with Crippen LogP contribution in [-0.4, -0.2) is 11.2 Å². The lowest BCUT2D eigenvalue weighted by molar-refractivity contribution is 0.470. The SMILES string of the molecule is CSc1cc(Cl)c(Oc2cc(C)nc(F)c2)cc1Cl. The predicted molar refractivity (Wildman–Crippen MR) is 77.2 cm³/mol. The van der Waals surface area contributed by atoms with Crippen molar-refractivity contribution in [2.75, 3.05) is 6.26 Å². The second kappa shape index (κ2) is 5.99. The van der Waals surface area contributed by atoms with Gasteiger partial charge < -0.3 is 4.74 Å². The molecule has 0 aliphatic rings. The molecule has 0 bridgehead atoms. The highest BCUT2D eigenvalue weighted by Crippen LogP contribution is 2.37. The Morgan fingerprint density at radius 2 is 1.89 bits per heavy atom. The van der Waals surface area contributed by atoms with Gasteiger partial charge in [0.1, 0.15) is 11.5 Å². The Bertz CT molecular complexity index is 602. The van der Waals surface area contributed by atoms with Crippen molar-refractivity contribution in [1.82, 2.24) is 4.98 Å². The van der Waals surface area contributed by atoms with Gasteiger partial charge in [-0.15, -0.1) is 11.8 Å². The Hall–Kier alpha value is -0.970. The molecule has 0 spiro atoms. The van der Waals surface area contributed by atoms with Crippen molar-refractivity contribution in [3.05, 3.63) is 46.0 Å². The molecule has 1 heterocycles. The lowest BCUT2D eigenvalue weighted by atomic mass is 10.3. The molecule has 0 amide bonds. The van der Waals surface area contributed by atoms with Crippen LogP contribution in [0.5, 0.6) is 11.5 Å². The summed E-state index contributed by atoms with van der Waals surface area (Å²) < 4.78 is 18.7. The molecular formula is C13H10Cl2FNOS. The highest BCUT2D eigenvalue weighted by atomic mass is 35.5. The Morgan fingerprint density at radius 1 is 1.16 bits per heavy atom. The normalized spacial score (nSPS) is 10.6. The number of pyridine rings is 1. The lowest BCUT2D eigenvalue weighted by Gasteiger charge is -2.10. The number of ether oxygens (including phenoxy) is 1. The summed E-state index contributed by atoms with van der Waals surface area (Å²) in [5.41, 5.74) is 0.526. The molecular weight excluding hydrogens is 308 g/mol. The molecule has 1 aromatic heterocycles. The van der Waals surface area contributed by atoms with E-state index in [0.717, 1.165) is 4.90 Å². The number of aryl methyl sites for hydroxylation is 1. The fraction of sp³-hybridized carbons (Fsp3) is 0.154. The molecule has 0 fully saturated rings. The Morgan fingerprint density at radius 3 is 2.53 bits per heavy atom. The van der Waals surface area contributed by atoms with Crippen LogP contribution in [0.1, 0.15) is 5.69 Å². The number of nitrogens with zero attached hydrogens (tertiary/aromatic N) is 1. The zero-order valence-electron chi connectivity index (χ0n) is 10.2. The summed E-state index contributed by atoms with van der Waals surface area (Å²) in [5.74, 6) is 0.118. The van der Waals surface area contributed by atoms with Crippen molar-refractivity contribution in [1.29, 1.82) is 0 Å². The first-order chi connectivity index (χ1) is 8.99. The predicted octanol–water partition coefficient (Wildman–Crippen LogP) is 5.35. The van der Waals surface area contributed by atoms with Gasteiger partial charge in [-0.3, -0.25) is 0 Å². The van der Waals surface area contributed by atoms with Gasteiger partial charge in [0.05, 0.1) is 10.0 Å². The zero-order chi connectivity index (χ0) is 14.0. The third-order valence-electron chi connectivity index (χ3n) is 2.33. The zero-order valence-corrected chi connectivity index (χ0v) is 12.5. The van der Waals surface area contributed by atoms with Crippen LogP contribution in [-0.2, 0) is 0 Å². The van der Waals surface area contributed by atoms with Crippen LogP contribution in [0.2, 0.25) is 10.0 Å². The van der Waals surface area contributed by atoms with E-state index >= 15 is 0 Å². The van der Waals surface area contributed by atoms with Crippen molar-refractivity contribution >= 4 is 35.0 Å². The lowest BCUT2D eigenvalue weighted by Crippen LogP contribution is -1.92. The van der Waals surface area contributed by atoms with Crippen molar-refractivity contribution < 1.29 is 9.13 Å². The van der Waals surface area contributed by atoms with Gasteiger partial charge in [0.25, 0.3) is 0 Å². The van der Waals surface area contributed by atoms with Gasteiger partial charge in [-0.1, -0.05) is 23.2 Å². The molecule has 0 unspecified atom stereocenters. The van der Waals surface area contributed by atoms with Crippen LogP contribution in [0.25, 0.3) is 0 Å². The first-order valence-electron chi connectivity index (χ1n) is 5.34. The maximum absolute atomic E-state index is 13.2. The summed E-state index contributed by atoms with van der Waals surface area (Å²) in [5, 5.41) is 0.960. The summed E-state index contributed by atoms with van der Waals surface area (Å²) in [6.07, 6.45) is 1.90. The summed E-state index contributed by atoms with van der Waals surface area (Å²) in [6.45, 7) is 1.68. The molecule has 0 N–H and O–H groups in total. The minimum atomic E-state index is -0.599. The number of rotatable bonds is 3. The van der Waals surface area contributed by atoms with E-state index < -0.39 is 5.95 Å². The fourth-order valence-electron chi connectivity index (χ4n) is 1.53. The van der Waals surface area contributed by atoms with Crippen molar-refractivity contribution in [2.45, 2.75) is 11.8 Å². The van der Waals surface area contributed by atoms with Crippen molar-refractivity contribution in [3.63, 3.8) is 0 Å². The van der Waals surface area contributed by atoms with E-state index in [1.54, 1.807) is 25.1 Å². The van der Waals surface area contributed by atoms with Crippen molar-refractivity contribution in [2.24, 2.45) is 0 Å². The number of aromatic nitrogens is 1. The maximum Gasteiger partial charge on any atom is 0.216 e. The van der Waals surface area contributed by atoms with Crippen LogP contribution in [0.15, 0.2) is 29.2 Å². The minimum absolute atomic E-state index is 0.333. The van der Waals surface area contributed by atoms with Gasteiger partial charge in [0.15, 0.2) is 0 Å². The highest BCUT2D eigenvalue weighted by Gasteiger charge is 2.10. The summed E-state index contributed by atoms with van der Waals surface area (Å²) >= 11 is 13.7. The van der Waals surface area contributed by atoms with Crippen molar-refractivity contribution in [3.8, 4) is 11.5 Å². The van der Waals surface area contributed by atoms with Crippen LogP contribution in [0.3, 0.4) is 0 Å². The summed E-state index contributed by atoms with van der Waals surface area (Å²) in [4.78, 5) is 4.49. The molecule has 0 atom stereocenters. The van der Waals surface area contributed by atoms with Gasteiger partial charge in [-0.25, -0.2) is 4.98 Å². The quantitative estimate of drug-likeness (QED) is 0.562. The van der Waals surface area contributed by atoms with E-state index in [0.29, 0.717) is 27.2 Å². The monoisotopic (exact) mass is 317 g/mol. The van der Waals surface area contributed by atoms with Gasteiger partial charge >= 0.3 is 0 Å². The first kappa shape index (κ1) is 14.4. The molecule has 2 aromatic rings. The molecule has 100 valence electrons. The minimum Gasteiger partial charge on any atom is -0.456 e. The average Bonchev–Trinajstić information content (AvgIpc) is 2.32. The molecule has 19 heavy (non-hydrogen) atoms. The Labute approximate surface area is 124 Å². The van der Waals surface area contributed by atoms with Crippen LogP contribution in [0, 0.1) is 12.9 Å². The van der Waals surface area contributed by atoms with E-state index in [2.05, 4.69) is 4.98 Å². The Balaban J connectivity index is 2.35. The van der Waals surface area contributed by atoms with E-state index in [1.165, 1.54) is 17.8 Å². The largest absolute Gasteiger partial charge is 0.456 e. The maximum atomic E-state index is 13.2. The fourth-order valence-corrected chi connectivity index (χ4v) is 2.67. The number of benzene rings is 1. The molecule has 0 aliphatic heterocycles. The molecule has 1 aromatic carbocycles. The topological polar surface area (TPSA) is 22.1 Å². The van der Waals surface area contributed by atoms with E-state index in [9.17, 15) is 4.39 Å². The molecule has 0 aliphatic carbocycles. The second-order valence-corrected chi connectivity index (χ2v) is 5.45.